The lowest BCUT2D eigenvalue weighted by atomic mass is 10.0. The fourth-order valence-corrected chi connectivity index (χ4v) is 4.34. The highest BCUT2D eigenvalue weighted by Gasteiger charge is 2.15. The van der Waals surface area contributed by atoms with E-state index in [1.165, 1.54) is 0 Å². The molecule has 0 saturated heterocycles. The third-order valence-corrected chi connectivity index (χ3v) is 5.85. The highest BCUT2D eigenvalue weighted by atomic mass is 15.1. The maximum atomic E-state index is 4.63. The Balaban J connectivity index is 1.45. The van der Waals surface area contributed by atoms with Crippen molar-refractivity contribution in [1.29, 1.82) is 0 Å². The molecule has 3 N–H and O–H groups in total. The van der Waals surface area contributed by atoms with Crippen LogP contribution in [0.15, 0.2) is 79.5 Å². The number of hydrogen-bond donors (Lipinski definition) is 3. The quantitative estimate of drug-likeness (QED) is 0.300. The summed E-state index contributed by atoms with van der Waals surface area (Å²) in [5, 5.41) is 13.3. The van der Waals surface area contributed by atoms with Crippen molar-refractivity contribution in [3.05, 3.63) is 79.5 Å². The minimum Gasteiger partial charge on any atom is -0.382 e. The molecular weight excluding hydrogens is 422 g/mol. The first-order valence-corrected chi connectivity index (χ1v) is 11.2. The topological polar surface area (TPSA) is 95.2 Å². The number of benzene rings is 1. The molecule has 0 aliphatic carbocycles. The van der Waals surface area contributed by atoms with Crippen molar-refractivity contribution in [3.63, 3.8) is 0 Å². The average molecular weight is 446 g/mol. The Labute approximate surface area is 196 Å². The Hall–Kier alpha value is -4.52. The van der Waals surface area contributed by atoms with Crippen molar-refractivity contribution in [2.45, 2.75) is 19.9 Å². The van der Waals surface area contributed by atoms with Crippen LogP contribution in [-0.2, 0) is 0 Å². The second-order valence-corrected chi connectivity index (χ2v) is 8.64. The van der Waals surface area contributed by atoms with Crippen molar-refractivity contribution >= 4 is 27.6 Å². The van der Waals surface area contributed by atoms with Gasteiger partial charge in [-0.05, 0) is 61.4 Å². The zero-order valence-electron chi connectivity index (χ0n) is 18.9. The average Bonchev–Trinajstić information content (AvgIpc) is 3.48. The van der Waals surface area contributed by atoms with Crippen LogP contribution in [0.1, 0.15) is 13.8 Å². The van der Waals surface area contributed by atoms with Crippen LogP contribution in [0.2, 0.25) is 0 Å². The van der Waals surface area contributed by atoms with Gasteiger partial charge >= 0.3 is 0 Å². The minimum atomic E-state index is 0.340. The molecule has 0 bridgehead atoms. The van der Waals surface area contributed by atoms with Crippen LogP contribution in [0.3, 0.4) is 0 Å². The van der Waals surface area contributed by atoms with Crippen LogP contribution in [0.4, 0.5) is 5.69 Å². The van der Waals surface area contributed by atoms with E-state index in [4.69, 9.17) is 0 Å². The van der Waals surface area contributed by atoms with Gasteiger partial charge in [0.25, 0.3) is 0 Å². The molecule has 0 aliphatic heterocycles. The number of nitrogens with one attached hydrogen (secondary N) is 3. The van der Waals surface area contributed by atoms with Crippen molar-refractivity contribution < 1.29 is 0 Å². The highest BCUT2D eigenvalue weighted by Crippen LogP contribution is 2.34. The number of H-pyrrole nitrogens is 2. The second kappa shape index (κ2) is 8.12. The maximum absolute atomic E-state index is 4.63. The molecule has 7 heteroatoms. The predicted molar refractivity (Wildman–Crippen MR) is 136 cm³/mol. The SMILES string of the molecule is CC(C)Nc1cncc(-c2ccc3[nH]nc(-c4cc5c(-c6cccnc6)ccnc5[nH]4)c3c2)c1. The lowest BCUT2D eigenvalue weighted by molar-refractivity contribution is 0.898. The molecule has 6 rings (SSSR count). The van der Waals surface area contributed by atoms with Crippen molar-refractivity contribution in [3.8, 4) is 33.6 Å². The molecule has 6 aromatic rings. The lowest BCUT2D eigenvalue weighted by Crippen LogP contribution is -2.09. The smallest absolute Gasteiger partial charge is 0.138 e. The summed E-state index contributed by atoms with van der Waals surface area (Å²) in [6.45, 7) is 4.23. The van der Waals surface area contributed by atoms with Crippen LogP contribution < -0.4 is 5.32 Å². The molecule has 5 heterocycles. The van der Waals surface area contributed by atoms with Crippen molar-refractivity contribution in [2.24, 2.45) is 0 Å². The van der Waals surface area contributed by atoms with Crippen LogP contribution in [0, 0.1) is 0 Å². The summed E-state index contributed by atoms with van der Waals surface area (Å²) in [5.74, 6) is 0. The minimum absolute atomic E-state index is 0.340. The van der Waals surface area contributed by atoms with Crippen LogP contribution in [-0.4, -0.2) is 36.2 Å². The summed E-state index contributed by atoms with van der Waals surface area (Å²) in [7, 11) is 0. The number of hydrogen-bond acceptors (Lipinski definition) is 5. The molecule has 7 nitrogen and oxygen atoms in total. The molecule has 0 atom stereocenters. The number of pyridine rings is 3. The number of anilines is 1. The normalized spacial score (nSPS) is 11.5. The molecular formula is C27H23N7. The van der Waals surface area contributed by atoms with E-state index in [-0.39, 0.29) is 0 Å². The van der Waals surface area contributed by atoms with Gasteiger partial charge in [-0.1, -0.05) is 12.1 Å². The Bertz CT molecular complexity index is 1610. The number of nitrogens with zero attached hydrogens (tertiary/aromatic N) is 4. The van der Waals surface area contributed by atoms with Gasteiger partial charge in [0.1, 0.15) is 11.3 Å². The van der Waals surface area contributed by atoms with Gasteiger partial charge in [-0.25, -0.2) is 4.98 Å². The standard InChI is InChI=1S/C27H23N7/c1-16(2)31-20-10-19(14-29-15-20)17-5-6-24-23(11-17)26(34-33-24)25-12-22-21(7-9-30-27(22)32-25)18-4-3-8-28-13-18/h3-16,31H,1-2H3,(H,30,32)(H,33,34). The van der Waals surface area contributed by atoms with E-state index in [1.807, 2.05) is 36.9 Å². The Morgan fingerprint density at radius 1 is 0.824 bits per heavy atom. The number of aromatic nitrogens is 6. The van der Waals surface area contributed by atoms with Gasteiger partial charge in [-0.15, -0.1) is 0 Å². The molecule has 0 radical (unpaired) electrons. The molecule has 34 heavy (non-hydrogen) atoms. The Morgan fingerprint density at radius 3 is 2.59 bits per heavy atom. The molecule has 0 unspecified atom stereocenters. The lowest BCUT2D eigenvalue weighted by Gasteiger charge is -2.11. The van der Waals surface area contributed by atoms with E-state index in [9.17, 15) is 0 Å². The summed E-state index contributed by atoms with van der Waals surface area (Å²) >= 11 is 0. The first kappa shape index (κ1) is 20.1. The summed E-state index contributed by atoms with van der Waals surface area (Å²) in [4.78, 5) is 16.7. The van der Waals surface area contributed by atoms with E-state index in [1.54, 1.807) is 6.20 Å². The van der Waals surface area contributed by atoms with Gasteiger partial charge < -0.3 is 10.3 Å². The fraction of sp³-hybridized carbons (Fsp3) is 0.111. The largest absolute Gasteiger partial charge is 0.382 e. The van der Waals surface area contributed by atoms with Crippen LogP contribution >= 0.6 is 0 Å². The molecule has 1 aromatic carbocycles. The van der Waals surface area contributed by atoms with Gasteiger partial charge in [-0.3, -0.25) is 15.1 Å². The number of aromatic amines is 2. The molecule has 5 aromatic heterocycles. The summed E-state index contributed by atoms with van der Waals surface area (Å²) in [6.07, 6.45) is 9.20. The van der Waals surface area contributed by atoms with E-state index in [2.05, 4.69) is 85.7 Å². The monoisotopic (exact) mass is 445 g/mol. The first-order valence-electron chi connectivity index (χ1n) is 11.2. The fourth-order valence-electron chi connectivity index (χ4n) is 4.34. The maximum Gasteiger partial charge on any atom is 0.138 e. The zero-order chi connectivity index (χ0) is 23.1. The first-order chi connectivity index (χ1) is 16.7. The summed E-state index contributed by atoms with van der Waals surface area (Å²) in [6, 6.07) is 16.9. The number of fused-ring (bicyclic) bond motifs is 2. The van der Waals surface area contributed by atoms with E-state index in [0.29, 0.717) is 6.04 Å². The van der Waals surface area contributed by atoms with E-state index in [0.717, 1.165) is 61.3 Å². The molecule has 0 fully saturated rings. The predicted octanol–water partition coefficient (Wildman–Crippen LogP) is 6.05. The summed E-state index contributed by atoms with van der Waals surface area (Å²) in [5.41, 5.74) is 8.84. The number of rotatable bonds is 5. The van der Waals surface area contributed by atoms with Gasteiger partial charge in [-0.2, -0.15) is 5.10 Å². The molecule has 0 amide bonds. The van der Waals surface area contributed by atoms with E-state index >= 15 is 0 Å². The van der Waals surface area contributed by atoms with Gasteiger partial charge in [0.15, 0.2) is 0 Å². The molecule has 0 spiro atoms. The van der Waals surface area contributed by atoms with Crippen molar-refractivity contribution in [2.75, 3.05) is 5.32 Å². The third kappa shape index (κ3) is 3.57. The zero-order valence-corrected chi connectivity index (χ0v) is 18.9. The third-order valence-electron chi connectivity index (χ3n) is 5.85. The molecule has 0 saturated carbocycles. The summed E-state index contributed by atoms with van der Waals surface area (Å²) < 4.78 is 0. The van der Waals surface area contributed by atoms with Crippen molar-refractivity contribution in [1.82, 2.24) is 30.1 Å². The van der Waals surface area contributed by atoms with Crippen LogP contribution in [0.25, 0.3) is 55.6 Å². The Morgan fingerprint density at radius 2 is 1.74 bits per heavy atom. The van der Waals surface area contributed by atoms with Gasteiger partial charge in [0.2, 0.25) is 0 Å². The van der Waals surface area contributed by atoms with Gasteiger partial charge in [0.05, 0.1) is 16.9 Å². The Kier molecular flexibility index (Phi) is 4.80. The highest BCUT2D eigenvalue weighted by molar-refractivity contribution is 6.00. The van der Waals surface area contributed by atoms with Crippen LogP contribution in [0.5, 0.6) is 0 Å². The molecule has 0 aliphatic rings. The molecule has 166 valence electrons. The van der Waals surface area contributed by atoms with E-state index < -0.39 is 0 Å². The second-order valence-electron chi connectivity index (χ2n) is 8.64. The van der Waals surface area contributed by atoms with Gasteiger partial charge in [0, 0.05) is 58.9 Å².